The molecule has 2 aliphatic rings. The Hall–Kier alpha value is -2.54. The molecule has 0 unspecified atom stereocenters. The number of carbonyl (C=O) groups excluding carboxylic acids is 1. The first-order valence-corrected chi connectivity index (χ1v) is 16.7. The first-order valence-electron chi connectivity index (χ1n) is 14.4. The molecular formula is C28H39ClF3N5O4S. The maximum Gasteiger partial charge on any atom is 0.391 e. The molecule has 0 radical (unpaired) electrons. The number of carbonyl (C=O) groups is 1. The molecule has 0 atom stereocenters. The van der Waals surface area contributed by atoms with E-state index in [4.69, 9.17) is 16.3 Å². The molecule has 2 aliphatic carbocycles. The second-order valence-corrected chi connectivity index (χ2v) is 14.1. The Morgan fingerprint density at radius 2 is 1.71 bits per heavy atom. The molecule has 2 aromatic rings. The summed E-state index contributed by atoms with van der Waals surface area (Å²) < 4.78 is 69.8. The Labute approximate surface area is 249 Å². The van der Waals surface area contributed by atoms with Gasteiger partial charge in [-0.1, -0.05) is 11.6 Å². The molecule has 14 heteroatoms. The molecule has 0 spiro atoms. The number of sulfone groups is 1. The van der Waals surface area contributed by atoms with Gasteiger partial charge in [-0.15, -0.1) is 0 Å². The van der Waals surface area contributed by atoms with Crippen molar-refractivity contribution in [3.05, 3.63) is 23.0 Å². The lowest BCUT2D eigenvalue weighted by molar-refractivity contribution is -0.183. The van der Waals surface area contributed by atoms with Gasteiger partial charge in [0.2, 0.25) is 0 Å². The number of ether oxygens (including phenoxy) is 1. The van der Waals surface area contributed by atoms with E-state index in [1.54, 1.807) is 16.9 Å². The van der Waals surface area contributed by atoms with Gasteiger partial charge in [0.25, 0.3) is 5.91 Å². The van der Waals surface area contributed by atoms with Crippen molar-refractivity contribution in [2.45, 2.75) is 76.3 Å². The predicted octanol–water partition coefficient (Wildman–Crippen LogP) is 5.74. The molecule has 1 amide bonds. The summed E-state index contributed by atoms with van der Waals surface area (Å²) in [6.07, 6.45) is 2.64. The standard InChI is InChI=1S/C28H39ClF3N5O4S/c1-4-37-26(24(29)25(36-37)27(38)35-15-18-7-11-20(12-8-18)42(3,39)40)21-16-34-23(13-22(21)41-2)33-14-17-5-9-19(10-6-17)28(30,31)32/h13,16-20H,4-12,14-15H2,1-3H3,(H,33,34)(H,35,38)/t17-,18-,19+,20+. The number of alkyl halides is 3. The van der Waals surface area contributed by atoms with Crippen molar-refractivity contribution in [3.8, 4) is 17.0 Å². The Balaban J connectivity index is 1.40. The molecule has 4 rings (SSSR count). The molecule has 0 saturated heterocycles. The van der Waals surface area contributed by atoms with E-state index in [0.29, 0.717) is 68.1 Å². The van der Waals surface area contributed by atoms with Gasteiger partial charge in [0.1, 0.15) is 21.4 Å². The fraction of sp³-hybridized carbons (Fsp3) is 0.679. The summed E-state index contributed by atoms with van der Waals surface area (Å²) in [4.78, 5) is 17.6. The Kier molecular flexibility index (Phi) is 10.3. The van der Waals surface area contributed by atoms with Gasteiger partial charge in [-0.25, -0.2) is 13.4 Å². The van der Waals surface area contributed by atoms with Crippen molar-refractivity contribution in [1.29, 1.82) is 0 Å². The number of aromatic nitrogens is 3. The summed E-state index contributed by atoms with van der Waals surface area (Å²) >= 11 is 6.71. The Bertz CT molecular complexity index is 1350. The summed E-state index contributed by atoms with van der Waals surface area (Å²) in [5.41, 5.74) is 1.11. The number of nitrogens with one attached hydrogen (secondary N) is 2. The van der Waals surface area contributed by atoms with Crippen molar-refractivity contribution >= 4 is 33.2 Å². The molecule has 0 aromatic carbocycles. The number of methoxy groups -OCH3 is 1. The van der Waals surface area contributed by atoms with Crippen LogP contribution in [-0.4, -0.2) is 67.0 Å². The SMILES string of the molecule is CCn1nc(C(=O)NC[C@H]2CC[C@@H](S(C)(=O)=O)CC2)c(Cl)c1-c1cnc(NC[C@H]2CC[C@@H](C(F)(F)F)CC2)cc1OC. The lowest BCUT2D eigenvalue weighted by Crippen LogP contribution is -2.34. The smallest absolute Gasteiger partial charge is 0.391 e. The normalized spacial score (nSPS) is 23.4. The zero-order chi connectivity index (χ0) is 30.7. The molecule has 0 bridgehead atoms. The molecule has 42 heavy (non-hydrogen) atoms. The Morgan fingerprint density at radius 1 is 1.10 bits per heavy atom. The van der Waals surface area contributed by atoms with E-state index in [1.165, 1.54) is 13.4 Å². The average Bonchev–Trinajstić information content (AvgIpc) is 3.30. The van der Waals surface area contributed by atoms with Crippen LogP contribution in [0.2, 0.25) is 5.02 Å². The first-order chi connectivity index (χ1) is 19.8. The third-order valence-electron chi connectivity index (χ3n) is 8.58. The topological polar surface area (TPSA) is 115 Å². The van der Waals surface area contributed by atoms with Crippen molar-refractivity contribution in [2.24, 2.45) is 17.8 Å². The van der Waals surface area contributed by atoms with Gasteiger partial charge < -0.3 is 15.4 Å². The number of amides is 1. The number of halogens is 4. The lowest BCUT2D eigenvalue weighted by Gasteiger charge is -2.30. The first kappa shape index (κ1) is 32.4. The van der Waals surface area contributed by atoms with Crippen molar-refractivity contribution in [1.82, 2.24) is 20.1 Å². The molecular weight excluding hydrogens is 595 g/mol. The minimum atomic E-state index is -4.13. The molecule has 234 valence electrons. The van der Waals surface area contributed by atoms with E-state index in [-0.39, 0.29) is 40.6 Å². The van der Waals surface area contributed by atoms with Crippen LogP contribution < -0.4 is 15.4 Å². The molecule has 0 aliphatic heterocycles. The number of hydrogen-bond donors (Lipinski definition) is 2. The zero-order valence-electron chi connectivity index (χ0n) is 24.1. The number of hydrogen-bond acceptors (Lipinski definition) is 7. The van der Waals surface area contributed by atoms with Crippen molar-refractivity contribution in [3.63, 3.8) is 0 Å². The summed E-state index contributed by atoms with van der Waals surface area (Å²) in [5.74, 6) is -0.335. The highest BCUT2D eigenvalue weighted by molar-refractivity contribution is 7.91. The molecule has 2 fully saturated rings. The average molecular weight is 634 g/mol. The van der Waals surface area contributed by atoms with E-state index in [2.05, 4.69) is 20.7 Å². The fourth-order valence-corrected chi connectivity index (χ4v) is 7.43. The van der Waals surface area contributed by atoms with E-state index in [0.717, 1.165) is 12.8 Å². The van der Waals surface area contributed by atoms with Gasteiger partial charge in [-0.2, -0.15) is 18.3 Å². The van der Waals surface area contributed by atoms with Crippen molar-refractivity contribution < 1.29 is 31.1 Å². The molecule has 9 nitrogen and oxygen atoms in total. The summed E-state index contributed by atoms with van der Waals surface area (Å²) in [6, 6.07) is 1.70. The van der Waals surface area contributed by atoms with Crippen LogP contribution in [-0.2, 0) is 16.4 Å². The number of anilines is 1. The maximum absolute atomic E-state index is 13.1. The second kappa shape index (κ2) is 13.4. The van der Waals surface area contributed by atoms with Gasteiger partial charge in [0.15, 0.2) is 5.69 Å². The van der Waals surface area contributed by atoms with Crippen LogP contribution in [0, 0.1) is 17.8 Å². The predicted molar refractivity (Wildman–Crippen MR) is 156 cm³/mol. The number of rotatable bonds is 10. The summed E-state index contributed by atoms with van der Waals surface area (Å²) in [6.45, 7) is 3.22. The largest absolute Gasteiger partial charge is 0.496 e. The lowest BCUT2D eigenvalue weighted by atomic mass is 9.81. The minimum absolute atomic E-state index is 0.0806. The zero-order valence-corrected chi connectivity index (χ0v) is 25.7. The highest BCUT2D eigenvalue weighted by Gasteiger charge is 2.41. The van der Waals surface area contributed by atoms with Crippen LogP contribution in [0.25, 0.3) is 11.3 Å². The van der Waals surface area contributed by atoms with Crippen LogP contribution in [0.4, 0.5) is 19.0 Å². The van der Waals surface area contributed by atoms with Crippen LogP contribution in [0.3, 0.4) is 0 Å². The van der Waals surface area contributed by atoms with Gasteiger partial charge in [0.05, 0.1) is 34.6 Å². The highest BCUT2D eigenvalue weighted by atomic mass is 35.5. The van der Waals surface area contributed by atoms with Gasteiger partial charge in [0, 0.05) is 38.2 Å². The summed E-state index contributed by atoms with van der Waals surface area (Å²) in [7, 11) is -1.55. The fourth-order valence-electron chi connectivity index (χ4n) is 5.98. The number of pyridine rings is 1. The van der Waals surface area contributed by atoms with Crippen LogP contribution in [0.1, 0.15) is 68.8 Å². The van der Waals surface area contributed by atoms with Gasteiger partial charge in [-0.05, 0) is 70.1 Å². The third-order valence-corrected chi connectivity index (χ3v) is 10.6. The number of aryl methyl sites for hydroxylation is 1. The number of nitrogens with zero attached hydrogens (tertiary/aromatic N) is 3. The molecule has 2 heterocycles. The monoisotopic (exact) mass is 633 g/mol. The summed E-state index contributed by atoms with van der Waals surface area (Å²) in [5, 5.41) is 10.4. The van der Waals surface area contributed by atoms with E-state index in [1.807, 2.05) is 6.92 Å². The van der Waals surface area contributed by atoms with Crippen LogP contribution in [0.5, 0.6) is 5.75 Å². The molecule has 2 aromatic heterocycles. The molecule has 2 saturated carbocycles. The van der Waals surface area contributed by atoms with Crippen LogP contribution in [0.15, 0.2) is 12.3 Å². The minimum Gasteiger partial charge on any atom is -0.496 e. The van der Waals surface area contributed by atoms with Gasteiger partial charge in [-0.3, -0.25) is 9.48 Å². The van der Waals surface area contributed by atoms with Gasteiger partial charge >= 0.3 is 6.18 Å². The highest BCUT2D eigenvalue weighted by Crippen LogP contribution is 2.40. The quantitative estimate of drug-likeness (QED) is 0.343. The van der Waals surface area contributed by atoms with Crippen LogP contribution >= 0.6 is 11.6 Å². The maximum atomic E-state index is 13.1. The van der Waals surface area contributed by atoms with E-state index >= 15 is 0 Å². The molecule has 2 N–H and O–H groups in total. The van der Waals surface area contributed by atoms with E-state index < -0.39 is 27.8 Å². The Morgan fingerprint density at radius 3 is 2.29 bits per heavy atom. The van der Waals surface area contributed by atoms with Crippen molar-refractivity contribution in [2.75, 3.05) is 31.8 Å². The van der Waals surface area contributed by atoms with E-state index in [9.17, 15) is 26.4 Å². The third kappa shape index (κ3) is 7.69. The second-order valence-electron chi connectivity index (χ2n) is 11.4.